The van der Waals surface area contributed by atoms with Gasteiger partial charge in [-0.1, -0.05) is 42.5 Å². The van der Waals surface area contributed by atoms with Crippen LogP contribution in [0, 0.1) is 0 Å². The molecule has 0 unspecified atom stereocenters. The van der Waals surface area contributed by atoms with Crippen LogP contribution in [0.1, 0.15) is 20.7 Å². The smallest absolute Gasteiger partial charge is 0.151 e. The third-order valence-electron chi connectivity index (χ3n) is 4.21. The number of nitrogens with zero attached hydrogens (tertiary/aromatic N) is 2. The lowest BCUT2D eigenvalue weighted by molar-refractivity contribution is 0.111. The van der Waals surface area contributed by atoms with E-state index in [-0.39, 0.29) is 0 Å². The molecule has 0 aliphatic rings. The van der Waals surface area contributed by atoms with E-state index in [0.29, 0.717) is 16.8 Å². The maximum Gasteiger partial charge on any atom is 0.151 e. The van der Waals surface area contributed by atoms with Crippen molar-refractivity contribution in [2.45, 2.75) is 0 Å². The number of hydrogen-bond donors (Lipinski definition) is 0. The minimum atomic E-state index is 0.562. The molecule has 0 spiro atoms. The van der Waals surface area contributed by atoms with Crippen LogP contribution in [0.5, 0.6) is 0 Å². The van der Waals surface area contributed by atoms with Crippen LogP contribution in [-0.2, 0) is 0 Å². The topological polar surface area (TPSA) is 59.9 Å². The minimum absolute atomic E-state index is 0.562. The maximum atomic E-state index is 11.9. The molecule has 1 aromatic heterocycles. The summed E-state index contributed by atoms with van der Waals surface area (Å²) in [4.78, 5) is 32.1. The fourth-order valence-electron chi connectivity index (χ4n) is 3.20. The summed E-state index contributed by atoms with van der Waals surface area (Å²) in [6.45, 7) is 0. The normalized spacial score (nSPS) is 10.8. The molecule has 4 heteroatoms. The fourth-order valence-corrected chi connectivity index (χ4v) is 3.20. The summed E-state index contributed by atoms with van der Waals surface area (Å²) in [6, 6.07) is 13.1. The zero-order valence-corrected chi connectivity index (χ0v) is 12.6. The Hall–Kier alpha value is -3.40. The van der Waals surface area contributed by atoms with Gasteiger partial charge in [-0.05, 0) is 16.2 Å². The molecule has 0 atom stereocenters. The average molecular weight is 312 g/mol. The summed E-state index contributed by atoms with van der Waals surface area (Å²) in [5.41, 5.74) is 2.60. The Balaban J connectivity index is 2.28. The number of aromatic nitrogens is 2. The first-order valence-electron chi connectivity index (χ1n) is 7.49. The van der Waals surface area contributed by atoms with E-state index >= 15 is 0 Å². The summed E-state index contributed by atoms with van der Waals surface area (Å²) >= 11 is 0. The largest absolute Gasteiger partial charge is 0.298 e. The molecule has 0 aliphatic carbocycles. The molecule has 0 amide bonds. The number of aldehydes is 2. The molecule has 0 bridgehead atoms. The van der Waals surface area contributed by atoms with Crippen LogP contribution in [0.3, 0.4) is 0 Å². The zero-order valence-electron chi connectivity index (χ0n) is 12.6. The highest BCUT2D eigenvalue weighted by Gasteiger charge is 2.16. The zero-order chi connectivity index (χ0) is 16.5. The molecule has 0 N–H and O–H groups in total. The summed E-state index contributed by atoms with van der Waals surface area (Å²) < 4.78 is 0. The average Bonchev–Trinajstić information content (AvgIpc) is 2.66. The highest BCUT2D eigenvalue weighted by atomic mass is 16.1. The number of carbonyl (C=O) groups is 2. The first-order chi connectivity index (χ1) is 11.8. The molecule has 0 aliphatic heterocycles. The molecule has 3 aromatic carbocycles. The minimum Gasteiger partial charge on any atom is -0.298 e. The summed E-state index contributed by atoms with van der Waals surface area (Å²) in [5.74, 6) is 0. The lowest BCUT2D eigenvalue weighted by Gasteiger charge is -2.13. The molecule has 4 rings (SSSR count). The molecule has 0 radical (unpaired) electrons. The van der Waals surface area contributed by atoms with E-state index < -0.39 is 0 Å². The molecule has 24 heavy (non-hydrogen) atoms. The van der Waals surface area contributed by atoms with E-state index in [9.17, 15) is 9.59 Å². The van der Waals surface area contributed by atoms with Gasteiger partial charge in [-0.25, -0.2) is 0 Å². The number of benzene rings is 3. The van der Waals surface area contributed by atoms with Gasteiger partial charge in [-0.3, -0.25) is 19.6 Å². The Morgan fingerprint density at radius 3 is 2.12 bits per heavy atom. The van der Waals surface area contributed by atoms with Gasteiger partial charge in [0.2, 0.25) is 0 Å². The van der Waals surface area contributed by atoms with Crippen molar-refractivity contribution < 1.29 is 9.59 Å². The van der Waals surface area contributed by atoms with Crippen molar-refractivity contribution in [2.75, 3.05) is 0 Å². The monoisotopic (exact) mass is 312 g/mol. The van der Waals surface area contributed by atoms with Gasteiger partial charge in [0.25, 0.3) is 0 Å². The van der Waals surface area contributed by atoms with Gasteiger partial charge in [0, 0.05) is 34.5 Å². The molecule has 4 nitrogen and oxygen atoms in total. The first-order valence-corrected chi connectivity index (χ1v) is 7.49. The van der Waals surface area contributed by atoms with Gasteiger partial charge < -0.3 is 0 Å². The van der Waals surface area contributed by atoms with Crippen LogP contribution in [0.15, 0.2) is 61.1 Å². The number of carbonyl (C=O) groups excluding carboxylic acids is 2. The molecule has 0 saturated carbocycles. The van der Waals surface area contributed by atoms with E-state index in [1.54, 1.807) is 18.6 Å². The molecule has 0 fully saturated rings. The summed E-state index contributed by atoms with van der Waals surface area (Å²) in [5, 5.41) is 3.01. The van der Waals surface area contributed by atoms with Gasteiger partial charge in [0.05, 0.1) is 11.9 Å². The van der Waals surface area contributed by atoms with Crippen molar-refractivity contribution in [3.63, 3.8) is 0 Å². The van der Waals surface area contributed by atoms with Crippen molar-refractivity contribution in [2.24, 2.45) is 0 Å². The van der Waals surface area contributed by atoms with Crippen molar-refractivity contribution >= 4 is 34.1 Å². The molecule has 4 aromatic rings. The van der Waals surface area contributed by atoms with Crippen LogP contribution in [0.25, 0.3) is 32.8 Å². The van der Waals surface area contributed by atoms with Crippen LogP contribution < -0.4 is 0 Å². The molecular formula is C20H12N2O2. The molecule has 114 valence electrons. The second-order valence-electron chi connectivity index (χ2n) is 5.43. The number of hydrogen-bond acceptors (Lipinski definition) is 4. The van der Waals surface area contributed by atoms with E-state index in [4.69, 9.17) is 0 Å². The van der Waals surface area contributed by atoms with Gasteiger partial charge in [-0.15, -0.1) is 0 Å². The van der Waals surface area contributed by atoms with Crippen molar-refractivity contribution in [3.8, 4) is 11.3 Å². The van der Waals surface area contributed by atoms with Crippen LogP contribution in [0.4, 0.5) is 0 Å². The fraction of sp³-hybridized carbons (Fsp3) is 0. The summed E-state index contributed by atoms with van der Waals surface area (Å²) in [7, 11) is 0. The Labute approximate surface area is 137 Å². The second-order valence-corrected chi connectivity index (χ2v) is 5.43. The third-order valence-corrected chi connectivity index (χ3v) is 4.21. The highest BCUT2D eigenvalue weighted by molar-refractivity contribution is 6.22. The van der Waals surface area contributed by atoms with Crippen molar-refractivity contribution in [1.82, 2.24) is 9.97 Å². The van der Waals surface area contributed by atoms with E-state index in [2.05, 4.69) is 9.97 Å². The lowest BCUT2D eigenvalue weighted by Crippen LogP contribution is -1.96. The predicted molar refractivity (Wildman–Crippen MR) is 93.3 cm³/mol. The Morgan fingerprint density at radius 1 is 0.750 bits per heavy atom. The Bertz CT molecular complexity index is 1090. The highest BCUT2D eigenvalue weighted by Crippen LogP contribution is 2.36. The third kappa shape index (κ3) is 2.01. The van der Waals surface area contributed by atoms with E-state index in [1.807, 2.05) is 42.5 Å². The van der Waals surface area contributed by atoms with Gasteiger partial charge in [0.15, 0.2) is 12.6 Å². The molecule has 1 heterocycles. The number of rotatable bonds is 3. The van der Waals surface area contributed by atoms with Crippen molar-refractivity contribution in [3.05, 3.63) is 72.2 Å². The lowest BCUT2D eigenvalue weighted by atomic mass is 9.89. The number of fused-ring (bicyclic) bond motifs is 2. The van der Waals surface area contributed by atoms with Gasteiger partial charge in [-0.2, -0.15) is 0 Å². The van der Waals surface area contributed by atoms with Gasteiger partial charge in [0.1, 0.15) is 0 Å². The molecular weight excluding hydrogens is 300 g/mol. The first kappa shape index (κ1) is 14.2. The maximum absolute atomic E-state index is 11.9. The van der Waals surface area contributed by atoms with Crippen LogP contribution in [-0.4, -0.2) is 22.5 Å². The van der Waals surface area contributed by atoms with Gasteiger partial charge >= 0.3 is 0 Å². The van der Waals surface area contributed by atoms with E-state index in [0.717, 1.165) is 39.7 Å². The van der Waals surface area contributed by atoms with E-state index in [1.165, 1.54) is 0 Å². The standard InChI is InChI=1S/C20H12N2O2/c23-11-17-13-4-1-2-5-14(13)18(12-24)20-15(17)6-3-7-16(20)19-10-21-8-9-22-19/h1-12H. The van der Waals surface area contributed by atoms with Crippen LogP contribution in [0.2, 0.25) is 0 Å². The molecule has 0 saturated heterocycles. The SMILES string of the molecule is O=Cc1c2ccccc2c(C=O)c2c(-c3cnccn3)cccc12. The second kappa shape index (κ2) is 5.66. The quantitative estimate of drug-likeness (QED) is 0.422. The Kier molecular flexibility index (Phi) is 3.35. The Morgan fingerprint density at radius 2 is 1.46 bits per heavy atom. The van der Waals surface area contributed by atoms with Crippen LogP contribution >= 0.6 is 0 Å². The van der Waals surface area contributed by atoms with Crippen molar-refractivity contribution in [1.29, 1.82) is 0 Å². The predicted octanol–water partition coefficient (Wildman–Crippen LogP) is 4.08. The summed E-state index contributed by atoms with van der Waals surface area (Å²) in [6.07, 6.45) is 6.55.